The normalized spacial score (nSPS) is 11.4. The standard InChI is InChI=1S/C14H12F3NO2S/c1-2-13-18-10(8-21-13)7-20-12-4-3-9(6-19)5-11(12)14(15,16)17/h3-6,8H,2,7H2,1H3. The number of carbonyl (C=O) groups is 1. The molecule has 0 bridgehead atoms. The maximum Gasteiger partial charge on any atom is 0.419 e. The molecule has 1 heterocycles. The van der Waals surface area contributed by atoms with Crippen LogP contribution in [0, 0.1) is 0 Å². The van der Waals surface area contributed by atoms with Gasteiger partial charge in [0.25, 0.3) is 0 Å². The SMILES string of the molecule is CCc1nc(COc2ccc(C=O)cc2C(F)(F)F)cs1. The Hall–Kier alpha value is -1.89. The summed E-state index contributed by atoms with van der Waals surface area (Å²) < 4.78 is 44.0. The van der Waals surface area contributed by atoms with E-state index in [-0.39, 0.29) is 17.9 Å². The maximum atomic E-state index is 12.9. The van der Waals surface area contributed by atoms with Crippen LogP contribution in [0.3, 0.4) is 0 Å². The average Bonchev–Trinajstić information content (AvgIpc) is 2.92. The fraction of sp³-hybridized carbons (Fsp3) is 0.286. The number of alkyl halides is 3. The van der Waals surface area contributed by atoms with Gasteiger partial charge in [0.1, 0.15) is 18.6 Å². The van der Waals surface area contributed by atoms with Crippen molar-refractivity contribution in [1.29, 1.82) is 0 Å². The van der Waals surface area contributed by atoms with Crippen molar-refractivity contribution in [2.24, 2.45) is 0 Å². The number of hydrogen-bond acceptors (Lipinski definition) is 4. The Balaban J connectivity index is 2.20. The minimum atomic E-state index is -4.58. The third-order valence-electron chi connectivity index (χ3n) is 2.72. The fourth-order valence-corrected chi connectivity index (χ4v) is 2.43. The molecule has 21 heavy (non-hydrogen) atoms. The van der Waals surface area contributed by atoms with Crippen molar-refractivity contribution in [2.75, 3.05) is 0 Å². The van der Waals surface area contributed by atoms with E-state index in [1.165, 1.54) is 17.4 Å². The van der Waals surface area contributed by atoms with Crippen molar-refractivity contribution in [3.05, 3.63) is 45.4 Å². The summed E-state index contributed by atoms with van der Waals surface area (Å²) in [7, 11) is 0. The van der Waals surface area contributed by atoms with Gasteiger partial charge in [0, 0.05) is 10.9 Å². The second-order valence-corrected chi connectivity index (χ2v) is 5.19. The number of halogens is 3. The Morgan fingerprint density at radius 1 is 1.38 bits per heavy atom. The Morgan fingerprint density at radius 3 is 2.71 bits per heavy atom. The van der Waals surface area contributed by atoms with Crippen LogP contribution in [0.4, 0.5) is 13.2 Å². The van der Waals surface area contributed by atoms with Crippen LogP contribution in [-0.4, -0.2) is 11.3 Å². The minimum Gasteiger partial charge on any atom is -0.487 e. The molecular formula is C14H12F3NO2S. The third-order valence-corrected chi connectivity index (χ3v) is 3.76. The molecule has 112 valence electrons. The van der Waals surface area contributed by atoms with Gasteiger partial charge in [-0.15, -0.1) is 11.3 Å². The summed E-state index contributed by atoms with van der Waals surface area (Å²) in [5.41, 5.74) is -0.418. The number of hydrogen-bond donors (Lipinski definition) is 0. The number of ether oxygens (including phenoxy) is 1. The van der Waals surface area contributed by atoms with E-state index < -0.39 is 11.7 Å². The number of benzene rings is 1. The lowest BCUT2D eigenvalue weighted by Gasteiger charge is -2.13. The van der Waals surface area contributed by atoms with Crippen LogP contribution in [0.25, 0.3) is 0 Å². The molecule has 0 saturated heterocycles. The molecule has 0 spiro atoms. The van der Waals surface area contributed by atoms with Crippen LogP contribution >= 0.6 is 11.3 Å². The summed E-state index contributed by atoms with van der Waals surface area (Å²) in [5, 5.41) is 2.66. The van der Waals surface area contributed by atoms with Crippen LogP contribution in [0.1, 0.15) is 33.5 Å². The summed E-state index contributed by atoms with van der Waals surface area (Å²) in [6.45, 7) is 1.91. The van der Waals surface area contributed by atoms with E-state index in [0.29, 0.717) is 12.0 Å². The zero-order valence-corrected chi connectivity index (χ0v) is 11.9. The van der Waals surface area contributed by atoms with Crippen molar-refractivity contribution in [3.63, 3.8) is 0 Å². The highest BCUT2D eigenvalue weighted by Crippen LogP contribution is 2.37. The zero-order valence-electron chi connectivity index (χ0n) is 11.1. The second kappa shape index (κ2) is 6.26. The van der Waals surface area contributed by atoms with E-state index in [1.807, 2.05) is 6.92 Å². The summed E-state index contributed by atoms with van der Waals surface area (Å²) in [6.07, 6.45) is -3.44. The predicted molar refractivity (Wildman–Crippen MR) is 72.7 cm³/mol. The molecule has 0 unspecified atom stereocenters. The van der Waals surface area contributed by atoms with E-state index >= 15 is 0 Å². The Bertz CT molecular complexity index is 637. The number of aryl methyl sites for hydroxylation is 1. The molecule has 2 rings (SSSR count). The van der Waals surface area contributed by atoms with Gasteiger partial charge in [0.05, 0.1) is 16.3 Å². The van der Waals surface area contributed by atoms with Crippen molar-refractivity contribution in [1.82, 2.24) is 4.98 Å². The lowest BCUT2D eigenvalue weighted by atomic mass is 10.1. The summed E-state index contributed by atoms with van der Waals surface area (Å²) in [5.74, 6) is -0.306. The highest BCUT2D eigenvalue weighted by atomic mass is 32.1. The molecule has 0 fully saturated rings. The zero-order chi connectivity index (χ0) is 15.5. The fourth-order valence-electron chi connectivity index (χ4n) is 1.70. The molecule has 0 aliphatic rings. The predicted octanol–water partition coefficient (Wildman–Crippen LogP) is 4.12. The molecule has 2 aromatic rings. The van der Waals surface area contributed by atoms with Crippen molar-refractivity contribution in [2.45, 2.75) is 26.1 Å². The quantitative estimate of drug-likeness (QED) is 0.779. The number of rotatable bonds is 5. The number of carbonyl (C=O) groups excluding carboxylic acids is 1. The second-order valence-electron chi connectivity index (χ2n) is 4.25. The molecule has 0 aliphatic heterocycles. The first-order chi connectivity index (χ1) is 9.94. The largest absolute Gasteiger partial charge is 0.487 e. The maximum absolute atomic E-state index is 12.9. The molecule has 0 amide bonds. The van der Waals surface area contributed by atoms with Gasteiger partial charge >= 0.3 is 6.18 Å². The van der Waals surface area contributed by atoms with E-state index in [0.717, 1.165) is 23.6 Å². The Labute approximate surface area is 123 Å². The average molecular weight is 315 g/mol. The van der Waals surface area contributed by atoms with Gasteiger partial charge in [0.15, 0.2) is 0 Å². The third kappa shape index (κ3) is 3.81. The minimum absolute atomic E-state index is 0.0417. The van der Waals surface area contributed by atoms with Gasteiger partial charge in [-0.2, -0.15) is 13.2 Å². The Morgan fingerprint density at radius 2 is 2.14 bits per heavy atom. The van der Waals surface area contributed by atoms with E-state index in [9.17, 15) is 18.0 Å². The molecule has 3 nitrogen and oxygen atoms in total. The van der Waals surface area contributed by atoms with E-state index in [2.05, 4.69) is 4.98 Å². The van der Waals surface area contributed by atoms with Crippen LogP contribution in [-0.2, 0) is 19.2 Å². The number of thiazole rings is 1. The van der Waals surface area contributed by atoms with Crippen molar-refractivity contribution < 1.29 is 22.7 Å². The van der Waals surface area contributed by atoms with Gasteiger partial charge in [-0.1, -0.05) is 6.92 Å². The molecule has 0 N–H and O–H groups in total. The van der Waals surface area contributed by atoms with Crippen LogP contribution < -0.4 is 4.74 Å². The van der Waals surface area contributed by atoms with Crippen LogP contribution in [0.15, 0.2) is 23.6 Å². The lowest BCUT2D eigenvalue weighted by Crippen LogP contribution is -2.09. The first-order valence-electron chi connectivity index (χ1n) is 6.16. The number of aromatic nitrogens is 1. The van der Waals surface area contributed by atoms with Gasteiger partial charge in [-0.05, 0) is 24.6 Å². The molecule has 1 aromatic carbocycles. The molecule has 0 aliphatic carbocycles. The molecule has 0 atom stereocenters. The number of aldehydes is 1. The monoisotopic (exact) mass is 315 g/mol. The highest BCUT2D eigenvalue weighted by molar-refractivity contribution is 7.09. The van der Waals surface area contributed by atoms with E-state index in [1.54, 1.807) is 5.38 Å². The molecular weight excluding hydrogens is 303 g/mol. The van der Waals surface area contributed by atoms with Gasteiger partial charge in [0.2, 0.25) is 0 Å². The van der Waals surface area contributed by atoms with Crippen LogP contribution in [0.5, 0.6) is 5.75 Å². The summed E-state index contributed by atoms with van der Waals surface area (Å²) in [4.78, 5) is 14.8. The lowest BCUT2D eigenvalue weighted by molar-refractivity contribution is -0.139. The summed E-state index contributed by atoms with van der Waals surface area (Å²) in [6, 6.07) is 3.22. The smallest absolute Gasteiger partial charge is 0.419 e. The number of nitrogens with zero attached hydrogens (tertiary/aromatic N) is 1. The van der Waals surface area contributed by atoms with Gasteiger partial charge in [-0.3, -0.25) is 4.79 Å². The Kier molecular flexibility index (Phi) is 4.62. The molecule has 7 heteroatoms. The van der Waals surface area contributed by atoms with Gasteiger partial charge in [-0.25, -0.2) is 4.98 Å². The first kappa shape index (κ1) is 15.5. The molecule has 1 aromatic heterocycles. The summed E-state index contributed by atoms with van der Waals surface area (Å²) >= 11 is 1.44. The molecule has 0 radical (unpaired) electrons. The van der Waals surface area contributed by atoms with Crippen molar-refractivity contribution >= 4 is 17.6 Å². The van der Waals surface area contributed by atoms with Gasteiger partial charge < -0.3 is 4.74 Å². The van der Waals surface area contributed by atoms with Crippen molar-refractivity contribution in [3.8, 4) is 5.75 Å². The van der Waals surface area contributed by atoms with Crippen LogP contribution in [0.2, 0.25) is 0 Å². The topological polar surface area (TPSA) is 39.2 Å². The first-order valence-corrected chi connectivity index (χ1v) is 7.04. The van der Waals surface area contributed by atoms with E-state index in [4.69, 9.17) is 4.74 Å². The highest BCUT2D eigenvalue weighted by Gasteiger charge is 2.34. The molecule has 0 saturated carbocycles.